The maximum Gasteiger partial charge on any atom is 0.221 e. The first kappa shape index (κ1) is 15.4. The van der Waals surface area contributed by atoms with Crippen molar-refractivity contribution in [1.82, 2.24) is 9.78 Å². The zero-order valence-electron chi connectivity index (χ0n) is 11.1. The van der Waals surface area contributed by atoms with Crippen LogP contribution in [0.4, 0.5) is 0 Å². The Labute approximate surface area is 132 Å². The number of aromatic nitrogens is 2. The fraction of sp³-hybridized carbons (Fsp3) is 0.308. The second kappa shape index (κ2) is 6.22. The van der Waals surface area contributed by atoms with Crippen LogP contribution < -0.4 is 10.5 Å². The monoisotopic (exact) mass is 333 g/mol. The molecule has 0 aliphatic carbocycles. The van der Waals surface area contributed by atoms with Crippen LogP contribution in [-0.2, 0) is 13.5 Å². The maximum atomic E-state index is 6.12. The summed E-state index contributed by atoms with van der Waals surface area (Å²) in [6, 6.07) is 3.13. The van der Waals surface area contributed by atoms with E-state index < -0.39 is 0 Å². The quantitative estimate of drug-likeness (QED) is 0.860. The molecule has 1 heterocycles. The molecule has 0 saturated heterocycles. The summed E-state index contributed by atoms with van der Waals surface area (Å²) in [4.78, 5) is 0. The molecule has 108 valence electrons. The number of hydrogen-bond donors (Lipinski definition) is 1. The summed E-state index contributed by atoms with van der Waals surface area (Å²) >= 11 is 18.0. The summed E-state index contributed by atoms with van der Waals surface area (Å²) in [5.74, 6) is 1.04. The number of ether oxygens (including phenoxy) is 1. The van der Waals surface area contributed by atoms with Gasteiger partial charge >= 0.3 is 0 Å². The van der Waals surface area contributed by atoms with Gasteiger partial charge in [0.05, 0.1) is 20.8 Å². The first-order valence-corrected chi connectivity index (χ1v) is 7.12. The smallest absolute Gasteiger partial charge is 0.221 e. The van der Waals surface area contributed by atoms with Crippen LogP contribution in [0.5, 0.6) is 11.6 Å². The standard InChI is InChI=1S/C13H14Cl3N3O/c1-7-8(3-4-17)13(19(2)18-7)20-12-6-10(15)9(14)5-11(12)16/h5-6H,3-4,17H2,1-2H3. The van der Waals surface area contributed by atoms with E-state index in [4.69, 9.17) is 45.3 Å². The minimum absolute atomic E-state index is 0.380. The predicted octanol–water partition coefficient (Wildman–Crippen LogP) is 3.98. The van der Waals surface area contributed by atoms with Crippen molar-refractivity contribution in [2.75, 3.05) is 6.54 Å². The lowest BCUT2D eigenvalue weighted by Crippen LogP contribution is -2.05. The first-order chi connectivity index (χ1) is 9.43. The molecule has 0 saturated carbocycles. The van der Waals surface area contributed by atoms with Crippen LogP contribution >= 0.6 is 34.8 Å². The van der Waals surface area contributed by atoms with E-state index in [1.165, 1.54) is 0 Å². The molecular weight excluding hydrogens is 321 g/mol. The Morgan fingerprint density at radius 1 is 1.20 bits per heavy atom. The SMILES string of the molecule is Cc1nn(C)c(Oc2cc(Cl)c(Cl)cc2Cl)c1CCN. The normalized spacial score (nSPS) is 10.9. The van der Waals surface area contributed by atoms with E-state index in [-0.39, 0.29) is 0 Å². The van der Waals surface area contributed by atoms with Crippen molar-refractivity contribution in [1.29, 1.82) is 0 Å². The van der Waals surface area contributed by atoms with E-state index in [0.717, 1.165) is 11.3 Å². The highest BCUT2D eigenvalue weighted by Gasteiger charge is 2.17. The van der Waals surface area contributed by atoms with E-state index in [1.807, 2.05) is 6.92 Å². The highest BCUT2D eigenvalue weighted by molar-refractivity contribution is 6.43. The minimum atomic E-state index is 0.380. The molecule has 0 amide bonds. The Morgan fingerprint density at radius 2 is 1.85 bits per heavy atom. The lowest BCUT2D eigenvalue weighted by atomic mass is 10.2. The Kier molecular flexibility index (Phi) is 4.81. The topological polar surface area (TPSA) is 53.1 Å². The number of benzene rings is 1. The van der Waals surface area contributed by atoms with Gasteiger partial charge in [0.25, 0.3) is 0 Å². The zero-order valence-corrected chi connectivity index (χ0v) is 13.4. The van der Waals surface area contributed by atoms with Crippen LogP contribution in [0.2, 0.25) is 15.1 Å². The van der Waals surface area contributed by atoms with Crippen LogP contribution in [0.3, 0.4) is 0 Å². The molecule has 0 spiro atoms. The summed E-state index contributed by atoms with van der Waals surface area (Å²) in [6.07, 6.45) is 0.675. The largest absolute Gasteiger partial charge is 0.437 e. The number of nitrogens with two attached hydrogens (primary N) is 1. The highest BCUT2D eigenvalue weighted by atomic mass is 35.5. The van der Waals surface area contributed by atoms with E-state index in [2.05, 4.69) is 5.10 Å². The molecule has 2 N–H and O–H groups in total. The number of nitrogens with zero attached hydrogens (tertiary/aromatic N) is 2. The number of halogens is 3. The summed E-state index contributed by atoms with van der Waals surface area (Å²) < 4.78 is 7.50. The van der Waals surface area contributed by atoms with Gasteiger partial charge in [0.15, 0.2) is 0 Å². The Hall–Kier alpha value is -0.940. The predicted molar refractivity (Wildman–Crippen MR) is 82.2 cm³/mol. The molecular formula is C13H14Cl3N3O. The molecule has 0 fully saturated rings. The van der Waals surface area contributed by atoms with Gasteiger partial charge in [0.1, 0.15) is 5.75 Å². The van der Waals surface area contributed by atoms with Crippen LogP contribution in [0, 0.1) is 6.92 Å². The fourth-order valence-corrected chi connectivity index (χ4v) is 2.50. The molecule has 1 aromatic carbocycles. The third kappa shape index (κ3) is 3.04. The van der Waals surface area contributed by atoms with Gasteiger partial charge in [-0.2, -0.15) is 5.10 Å². The van der Waals surface area contributed by atoms with Gasteiger partial charge in [-0.1, -0.05) is 34.8 Å². The maximum absolute atomic E-state index is 6.12. The molecule has 2 rings (SSSR count). The van der Waals surface area contributed by atoms with E-state index in [1.54, 1.807) is 23.9 Å². The second-order valence-corrected chi connectivity index (χ2v) is 5.55. The van der Waals surface area contributed by atoms with E-state index in [0.29, 0.717) is 39.7 Å². The third-order valence-electron chi connectivity index (χ3n) is 2.86. The van der Waals surface area contributed by atoms with Gasteiger partial charge in [-0.3, -0.25) is 0 Å². The van der Waals surface area contributed by atoms with Crippen molar-refractivity contribution in [3.05, 3.63) is 38.5 Å². The van der Waals surface area contributed by atoms with Crippen LogP contribution in [0.15, 0.2) is 12.1 Å². The molecule has 0 atom stereocenters. The van der Waals surface area contributed by atoms with Crippen molar-refractivity contribution in [2.24, 2.45) is 12.8 Å². The van der Waals surface area contributed by atoms with Crippen molar-refractivity contribution in [2.45, 2.75) is 13.3 Å². The van der Waals surface area contributed by atoms with Crippen molar-refractivity contribution in [3.63, 3.8) is 0 Å². The third-order valence-corrected chi connectivity index (χ3v) is 3.88. The van der Waals surface area contributed by atoms with Gasteiger partial charge in [0, 0.05) is 18.7 Å². The molecule has 7 heteroatoms. The van der Waals surface area contributed by atoms with E-state index in [9.17, 15) is 0 Å². The Morgan fingerprint density at radius 3 is 2.50 bits per heavy atom. The van der Waals surface area contributed by atoms with Crippen LogP contribution in [0.1, 0.15) is 11.3 Å². The summed E-state index contributed by atoms with van der Waals surface area (Å²) in [5, 5.41) is 5.48. The van der Waals surface area contributed by atoms with Gasteiger partial charge in [0.2, 0.25) is 5.88 Å². The van der Waals surface area contributed by atoms with Crippen molar-refractivity contribution >= 4 is 34.8 Å². The molecule has 0 aliphatic rings. The van der Waals surface area contributed by atoms with Crippen LogP contribution in [-0.4, -0.2) is 16.3 Å². The van der Waals surface area contributed by atoms with Gasteiger partial charge in [-0.15, -0.1) is 0 Å². The molecule has 20 heavy (non-hydrogen) atoms. The van der Waals surface area contributed by atoms with Gasteiger partial charge in [-0.05, 0) is 26.0 Å². The molecule has 4 nitrogen and oxygen atoms in total. The molecule has 0 aliphatic heterocycles. The molecule has 0 bridgehead atoms. The average molecular weight is 335 g/mol. The zero-order chi connectivity index (χ0) is 14.9. The molecule has 0 radical (unpaired) electrons. The second-order valence-electron chi connectivity index (χ2n) is 4.33. The summed E-state index contributed by atoms with van der Waals surface area (Å²) in [6.45, 7) is 2.42. The fourth-order valence-electron chi connectivity index (χ4n) is 1.93. The summed E-state index contributed by atoms with van der Waals surface area (Å²) in [5.41, 5.74) is 7.45. The van der Waals surface area contributed by atoms with Crippen molar-refractivity contribution < 1.29 is 4.74 Å². The minimum Gasteiger partial charge on any atom is -0.437 e. The lowest BCUT2D eigenvalue weighted by molar-refractivity contribution is 0.426. The average Bonchev–Trinajstić information content (AvgIpc) is 2.63. The summed E-state index contributed by atoms with van der Waals surface area (Å²) in [7, 11) is 1.80. The molecule has 1 aromatic heterocycles. The number of aryl methyl sites for hydroxylation is 2. The van der Waals surface area contributed by atoms with Crippen molar-refractivity contribution in [3.8, 4) is 11.6 Å². The Bertz CT molecular complexity index is 640. The first-order valence-electron chi connectivity index (χ1n) is 5.99. The lowest BCUT2D eigenvalue weighted by Gasteiger charge is -2.11. The highest BCUT2D eigenvalue weighted by Crippen LogP contribution is 2.37. The van der Waals surface area contributed by atoms with Gasteiger partial charge < -0.3 is 10.5 Å². The molecule has 0 unspecified atom stereocenters. The van der Waals surface area contributed by atoms with Gasteiger partial charge in [-0.25, -0.2) is 4.68 Å². The number of hydrogen-bond acceptors (Lipinski definition) is 3. The van der Waals surface area contributed by atoms with E-state index >= 15 is 0 Å². The van der Waals surface area contributed by atoms with Crippen LogP contribution in [0.25, 0.3) is 0 Å². The Balaban J connectivity index is 2.42. The number of rotatable bonds is 4. The molecule has 2 aromatic rings.